The van der Waals surface area contributed by atoms with Crippen molar-refractivity contribution in [3.05, 3.63) is 0 Å². The fourth-order valence-electron chi connectivity index (χ4n) is 4.46. The predicted molar refractivity (Wildman–Crippen MR) is 128 cm³/mol. The standard InChI is InChI=1S/C21H41N5O.HI/c1-17(11-12-18-8-4-3-5-9-18)25-21(23-2)24-13-7-15-26-14-6-10-19(16-26)20(22)27;/h17-19H,3-16H2,1-2H3,(H2,22,27)(H2,23,24,25);1H. The van der Waals surface area contributed by atoms with E-state index in [0.717, 1.165) is 57.3 Å². The van der Waals surface area contributed by atoms with Crippen molar-refractivity contribution >= 4 is 35.8 Å². The number of nitrogens with one attached hydrogen (secondary N) is 2. The van der Waals surface area contributed by atoms with Crippen molar-refractivity contribution in [2.45, 2.75) is 77.2 Å². The number of primary amides is 1. The summed E-state index contributed by atoms with van der Waals surface area (Å²) in [5.41, 5.74) is 5.46. The fourth-order valence-corrected chi connectivity index (χ4v) is 4.46. The third-order valence-corrected chi connectivity index (χ3v) is 6.19. The maximum Gasteiger partial charge on any atom is 0.221 e. The summed E-state index contributed by atoms with van der Waals surface area (Å²) < 4.78 is 0. The van der Waals surface area contributed by atoms with E-state index in [1.165, 1.54) is 44.9 Å². The van der Waals surface area contributed by atoms with Crippen LogP contribution in [-0.2, 0) is 4.79 Å². The Morgan fingerprint density at radius 2 is 1.96 bits per heavy atom. The zero-order valence-corrected chi connectivity index (χ0v) is 20.3. The molecule has 7 heteroatoms. The van der Waals surface area contributed by atoms with Crippen LogP contribution >= 0.6 is 24.0 Å². The molecule has 1 amide bonds. The lowest BCUT2D eigenvalue weighted by Crippen LogP contribution is -2.44. The third kappa shape index (κ3) is 9.76. The number of halogens is 1. The molecule has 0 bridgehead atoms. The molecule has 2 atom stereocenters. The van der Waals surface area contributed by atoms with E-state index < -0.39 is 0 Å². The van der Waals surface area contributed by atoms with Crippen molar-refractivity contribution in [1.29, 1.82) is 0 Å². The summed E-state index contributed by atoms with van der Waals surface area (Å²) in [4.78, 5) is 18.1. The zero-order chi connectivity index (χ0) is 19.5. The molecule has 6 nitrogen and oxygen atoms in total. The van der Waals surface area contributed by atoms with Crippen LogP contribution in [0.2, 0.25) is 0 Å². The van der Waals surface area contributed by atoms with Crippen LogP contribution in [0.1, 0.15) is 71.1 Å². The molecule has 164 valence electrons. The summed E-state index contributed by atoms with van der Waals surface area (Å²) in [5, 5.41) is 6.96. The number of likely N-dealkylation sites (tertiary alicyclic amines) is 1. The fraction of sp³-hybridized carbons (Fsp3) is 0.905. The van der Waals surface area contributed by atoms with Crippen molar-refractivity contribution in [3.63, 3.8) is 0 Å². The second-order valence-corrected chi connectivity index (χ2v) is 8.52. The summed E-state index contributed by atoms with van der Waals surface area (Å²) in [6.45, 7) is 6.06. The molecule has 2 fully saturated rings. The van der Waals surface area contributed by atoms with E-state index >= 15 is 0 Å². The van der Waals surface area contributed by atoms with Crippen molar-refractivity contribution < 1.29 is 4.79 Å². The zero-order valence-electron chi connectivity index (χ0n) is 17.9. The number of nitrogens with two attached hydrogens (primary N) is 1. The molecule has 0 spiro atoms. The number of amides is 1. The largest absolute Gasteiger partial charge is 0.369 e. The van der Waals surface area contributed by atoms with Crippen LogP contribution in [0.15, 0.2) is 4.99 Å². The van der Waals surface area contributed by atoms with Gasteiger partial charge in [-0.15, -0.1) is 24.0 Å². The topological polar surface area (TPSA) is 82.8 Å². The van der Waals surface area contributed by atoms with E-state index in [2.05, 4.69) is 27.4 Å². The van der Waals surface area contributed by atoms with Gasteiger partial charge in [-0.05, 0) is 58.0 Å². The lowest BCUT2D eigenvalue weighted by molar-refractivity contribution is -0.123. The molecule has 1 aliphatic carbocycles. The van der Waals surface area contributed by atoms with Gasteiger partial charge in [0, 0.05) is 26.2 Å². The second kappa shape index (κ2) is 14.4. The second-order valence-electron chi connectivity index (χ2n) is 8.52. The summed E-state index contributed by atoms with van der Waals surface area (Å²) in [6, 6.07) is 0.455. The molecular weight excluding hydrogens is 465 g/mol. The van der Waals surface area contributed by atoms with Gasteiger partial charge in [0.2, 0.25) is 5.91 Å². The van der Waals surface area contributed by atoms with E-state index in [4.69, 9.17) is 5.73 Å². The van der Waals surface area contributed by atoms with Crippen molar-refractivity contribution in [2.75, 3.05) is 33.2 Å². The van der Waals surface area contributed by atoms with Crippen LogP contribution < -0.4 is 16.4 Å². The van der Waals surface area contributed by atoms with Gasteiger partial charge in [0.25, 0.3) is 0 Å². The van der Waals surface area contributed by atoms with Gasteiger partial charge >= 0.3 is 0 Å². The number of hydrogen-bond donors (Lipinski definition) is 3. The first-order valence-corrected chi connectivity index (χ1v) is 11.1. The molecule has 0 aromatic heterocycles. The van der Waals surface area contributed by atoms with Gasteiger partial charge < -0.3 is 21.3 Å². The highest BCUT2D eigenvalue weighted by Crippen LogP contribution is 2.27. The molecule has 1 saturated carbocycles. The minimum Gasteiger partial charge on any atom is -0.369 e. The first-order valence-electron chi connectivity index (χ1n) is 11.1. The Labute approximate surface area is 188 Å². The van der Waals surface area contributed by atoms with Gasteiger partial charge in [-0.2, -0.15) is 0 Å². The van der Waals surface area contributed by atoms with E-state index in [1.54, 1.807) is 0 Å². The minimum absolute atomic E-state index is 0. The lowest BCUT2D eigenvalue weighted by Gasteiger charge is -2.31. The van der Waals surface area contributed by atoms with Crippen molar-refractivity contribution in [2.24, 2.45) is 22.6 Å². The molecule has 1 heterocycles. The highest BCUT2D eigenvalue weighted by atomic mass is 127. The quantitative estimate of drug-likeness (QED) is 0.194. The number of nitrogens with zero attached hydrogens (tertiary/aromatic N) is 2. The Hall–Kier alpha value is -0.570. The Morgan fingerprint density at radius 1 is 1.21 bits per heavy atom. The number of aliphatic imine (C=N–C) groups is 1. The predicted octanol–water partition coefficient (Wildman–Crippen LogP) is 3.11. The highest BCUT2D eigenvalue weighted by molar-refractivity contribution is 14.0. The van der Waals surface area contributed by atoms with Gasteiger partial charge in [-0.25, -0.2) is 0 Å². The van der Waals surface area contributed by atoms with Gasteiger partial charge in [-0.1, -0.05) is 32.1 Å². The van der Waals surface area contributed by atoms with Crippen LogP contribution in [0.3, 0.4) is 0 Å². The summed E-state index contributed by atoms with van der Waals surface area (Å²) in [6.07, 6.45) is 12.7. The third-order valence-electron chi connectivity index (χ3n) is 6.19. The van der Waals surface area contributed by atoms with Crippen LogP contribution in [0.4, 0.5) is 0 Å². The summed E-state index contributed by atoms with van der Waals surface area (Å²) in [5.74, 6) is 1.72. The maximum absolute atomic E-state index is 11.4. The molecule has 1 saturated heterocycles. The van der Waals surface area contributed by atoms with Gasteiger partial charge in [-0.3, -0.25) is 9.79 Å². The molecule has 28 heavy (non-hydrogen) atoms. The average Bonchev–Trinajstić information content (AvgIpc) is 2.69. The molecular formula is C21H42IN5O. The number of guanidine groups is 1. The SMILES string of the molecule is CN=C(NCCCN1CCCC(C(N)=O)C1)NC(C)CCC1CCCCC1.I. The van der Waals surface area contributed by atoms with E-state index in [1.807, 2.05) is 7.05 Å². The van der Waals surface area contributed by atoms with Gasteiger partial charge in [0.15, 0.2) is 5.96 Å². The van der Waals surface area contributed by atoms with Crippen LogP contribution in [0.5, 0.6) is 0 Å². The average molecular weight is 508 g/mol. The smallest absolute Gasteiger partial charge is 0.221 e. The van der Waals surface area contributed by atoms with Crippen LogP contribution in [0.25, 0.3) is 0 Å². The Bertz CT molecular complexity index is 468. The molecule has 0 aromatic rings. The number of piperidine rings is 1. The first-order chi connectivity index (χ1) is 13.1. The normalized spacial score (nSPS) is 22.9. The van der Waals surface area contributed by atoms with Gasteiger partial charge in [0.05, 0.1) is 5.92 Å². The Morgan fingerprint density at radius 3 is 2.64 bits per heavy atom. The highest BCUT2D eigenvalue weighted by Gasteiger charge is 2.23. The molecule has 0 radical (unpaired) electrons. The lowest BCUT2D eigenvalue weighted by atomic mass is 9.85. The minimum atomic E-state index is -0.148. The van der Waals surface area contributed by atoms with E-state index in [-0.39, 0.29) is 35.8 Å². The van der Waals surface area contributed by atoms with Gasteiger partial charge in [0.1, 0.15) is 0 Å². The molecule has 4 N–H and O–H groups in total. The first kappa shape index (κ1) is 25.5. The number of carbonyl (C=O) groups is 1. The summed E-state index contributed by atoms with van der Waals surface area (Å²) >= 11 is 0. The van der Waals surface area contributed by atoms with Crippen LogP contribution in [-0.4, -0.2) is 56.0 Å². The Balaban J connectivity index is 0.00000392. The van der Waals surface area contributed by atoms with Crippen LogP contribution in [0, 0.1) is 11.8 Å². The monoisotopic (exact) mass is 507 g/mol. The number of carbonyl (C=O) groups excluding carboxylic acids is 1. The number of rotatable bonds is 9. The molecule has 1 aliphatic heterocycles. The molecule has 2 unspecified atom stereocenters. The van der Waals surface area contributed by atoms with Crippen molar-refractivity contribution in [1.82, 2.24) is 15.5 Å². The molecule has 2 rings (SSSR count). The number of hydrogen-bond acceptors (Lipinski definition) is 3. The molecule has 2 aliphatic rings. The Kier molecular flexibility index (Phi) is 13.1. The van der Waals surface area contributed by atoms with Crippen molar-refractivity contribution in [3.8, 4) is 0 Å². The maximum atomic E-state index is 11.4. The van der Waals surface area contributed by atoms with E-state index in [9.17, 15) is 4.79 Å². The molecule has 0 aromatic carbocycles. The summed E-state index contributed by atoms with van der Waals surface area (Å²) in [7, 11) is 1.84. The van der Waals surface area contributed by atoms with E-state index in [0.29, 0.717) is 6.04 Å².